The van der Waals surface area contributed by atoms with Gasteiger partial charge in [0.25, 0.3) is 0 Å². The zero-order valence-corrected chi connectivity index (χ0v) is 11.0. The van der Waals surface area contributed by atoms with Crippen LogP contribution in [-0.2, 0) is 0 Å². The average Bonchev–Trinajstić information content (AvgIpc) is 2.81. The molecule has 0 N–H and O–H groups in total. The van der Waals surface area contributed by atoms with Crippen molar-refractivity contribution in [3.63, 3.8) is 0 Å². The van der Waals surface area contributed by atoms with Crippen LogP contribution in [0.3, 0.4) is 0 Å². The second kappa shape index (κ2) is 4.63. The number of rotatable bonds is 2. The molecule has 3 rings (SSSR count). The SMILES string of the molecule is CC(C)c1nnc2ccc(-c3ccc(F)cc3F)nn12. The first-order valence-electron chi connectivity index (χ1n) is 6.24. The lowest BCUT2D eigenvalue weighted by Crippen LogP contribution is -2.02. The Bertz CT molecular complexity index is 780. The molecule has 0 amide bonds. The summed E-state index contributed by atoms with van der Waals surface area (Å²) < 4.78 is 28.3. The smallest absolute Gasteiger partial charge is 0.177 e. The van der Waals surface area contributed by atoms with Gasteiger partial charge in [0.2, 0.25) is 0 Å². The van der Waals surface area contributed by atoms with E-state index in [4.69, 9.17) is 0 Å². The molecule has 102 valence electrons. The third-order valence-corrected chi connectivity index (χ3v) is 3.01. The predicted molar refractivity (Wildman–Crippen MR) is 70.2 cm³/mol. The number of nitrogens with zero attached hydrogens (tertiary/aromatic N) is 4. The summed E-state index contributed by atoms with van der Waals surface area (Å²) in [6.07, 6.45) is 0. The van der Waals surface area contributed by atoms with E-state index in [0.717, 1.165) is 6.07 Å². The van der Waals surface area contributed by atoms with Crippen molar-refractivity contribution >= 4 is 5.65 Å². The molecule has 1 aromatic carbocycles. The van der Waals surface area contributed by atoms with E-state index in [-0.39, 0.29) is 11.5 Å². The number of halogens is 2. The van der Waals surface area contributed by atoms with E-state index >= 15 is 0 Å². The third-order valence-electron chi connectivity index (χ3n) is 3.01. The molecule has 0 fully saturated rings. The summed E-state index contributed by atoms with van der Waals surface area (Å²) >= 11 is 0. The average molecular weight is 274 g/mol. The molecule has 0 atom stereocenters. The molecule has 3 aromatic rings. The molecule has 2 heterocycles. The summed E-state index contributed by atoms with van der Waals surface area (Å²) in [6, 6.07) is 6.78. The van der Waals surface area contributed by atoms with E-state index in [1.807, 2.05) is 13.8 Å². The van der Waals surface area contributed by atoms with E-state index in [9.17, 15) is 8.78 Å². The van der Waals surface area contributed by atoms with E-state index in [0.29, 0.717) is 17.2 Å². The molecule has 0 saturated heterocycles. The van der Waals surface area contributed by atoms with Crippen LogP contribution >= 0.6 is 0 Å². The highest BCUT2D eigenvalue weighted by atomic mass is 19.1. The van der Waals surface area contributed by atoms with Gasteiger partial charge in [0.05, 0.1) is 5.69 Å². The lowest BCUT2D eigenvalue weighted by molar-refractivity contribution is 0.585. The van der Waals surface area contributed by atoms with Crippen LogP contribution in [0.5, 0.6) is 0 Å². The molecular weight excluding hydrogens is 262 g/mol. The second-order valence-electron chi connectivity index (χ2n) is 4.83. The first-order valence-corrected chi connectivity index (χ1v) is 6.24. The molecule has 0 unspecified atom stereocenters. The minimum atomic E-state index is -0.643. The van der Waals surface area contributed by atoms with E-state index in [1.54, 1.807) is 16.6 Å². The van der Waals surface area contributed by atoms with Gasteiger partial charge in [0, 0.05) is 17.5 Å². The van der Waals surface area contributed by atoms with Gasteiger partial charge in [-0.25, -0.2) is 8.78 Å². The zero-order chi connectivity index (χ0) is 14.3. The van der Waals surface area contributed by atoms with Gasteiger partial charge in [0.1, 0.15) is 11.6 Å². The predicted octanol–water partition coefficient (Wildman–Crippen LogP) is 3.19. The fourth-order valence-corrected chi connectivity index (χ4v) is 2.01. The molecule has 0 spiro atoms. The maximum atomic E-state index is 13.8. The van der Waals surface area contributed by atoms with Crippen LogP contribution in [0.15, 0.2) is 30.3 Å². The minimum Gasteiger partial charge on any atom is -0.207 e. The fourth-order valence-electron chi connectivity index (χ4n) is 2.01. The van der Waals surface area contributed by atoms with Gasteiger partial charge >= 0.3 is 0 Å². The molecule has 0 aliphatic heterocycles. The topological polar surface area (TPSA) is 43.1 Å². The number of benzene rings is 1. The van der Waals surface area contributed by atoms with Crippen LogP contribution in [0.1, 0.15) is 25.6 Å². The minimum absolute atomic E-state index is 0.144. The lowest BCUT2D eigenvalue weighted by Gasteiger charge is -2.05. The third kappa shape index (κ3) is 2.03. The molecule has 6 heteroatoms. The monoisotopic (exact) mass is 274 g/mol. The molecule has 4 nitrogen and oxygen atoms in total. The Hall–Kier alpha value is -2.37. The number of hydrogen-bond acceptors (Lipinski definition) is 3. The Labute approximate surface area is 114 Å². The van der Waals surface area contributed by atoms with Crippen molar-refractivity contribution in [2.45, 2.75) is 19.8 Å². The van der Waals surface area contributed by atoms with Crippen LogP contribution in [0.25, 0.3) is 16.9 Å². The van der Waals surface area contributed by atoms with Crippen LogP contribution in [-0.4, -0.2) is 19.8 Å². The molecule has 0 bridgehead atoms. The summed E-state index contributed by atoms with van der Waals surface area (Å²) in [5.74, 6) is -0.411. The van der Waals surface area contributed by atoms with Gasteiger partial charge in [-0.05, 0) is 24.3 Å². The quantitative estimate of drug-likeness (QED) is 0.720. The van der Waals surface area contributed by atoms with E-state index in [2.05, 4.69) is 15.3 Å². The van der Waals surface area contributed by atoms with Crippen molar-refractivity contribution in [3.05, 3.63) is 47.8 Å². The van der Waals surface area contributed by atoms with Crippen molar-refractivity contribution in [2.24, 2.45) is 0 Å². The first kappa shape index (κ1) is 12.7. The van der Waals surface area contributed by atoms with E-state index < -0.39 is 11.6 Å². The van der Waals surface area contributed by atoms with Gasteiger partial charge in [-0.15, -0.1) is 10.2 Å². The highest BCUT2D eigenvalue weighted by Gasteiger charge is 2.13. The van der Waals surface area contributed by atoms with Gasteiger partial charge in [-0.3, -0.25) is 0 Å². The summed E-state index contributed by atoms with van der Waals surface area (Å²) in [4.78, 5) is 0. The van der Waals surface area contributed by atoms with Gasteiger partial charge in [0.15, 0.2) is 11.5 Å². The Morgan fingerprint density at radius 1 is 1.05 bits per heavy atom. The van der Waals surface area contributed by atoms with Crippen LogP contribution in [0, 0.1) is 11.6 Å². The highest BCUT2D eigenvalue weighted by Crippen LogP contribution is 2.22. The normalized spacial score (nSPS) is 11.4. The lowest BCUT2D eigenvalue weighted by atomic mass is 10.1. The van der Waals surface area contributed by atoms with Crippen molar-refractivity contribution in [1.82, 2.24) is 19.8 Å². The Morgan fingerprint density at radius 3 is 2.55 bits per heavy atom. The second-order valence-corrected chi connectivity index (χ2v) is 4.83. The Morgan fingerprint density at radius 2 is 1.85 bits per heavy atom. The Kier molecular flexibility index (Phi) is 2.93. The summed E-state index contributed by atoms with van der Waals surface area (Å²) in [6.45, 7) is 3.95. The molecule has 20 heavy (non-hydrogen) atoms. The molecule has 0 saturated carbocycles. The maximum Gasteiger partial charge on any atom is 0.177 e. The maximum absolute atomic E-state index is 13.8. The summed E-state index contributed by atoms with van der Waals surface area (Å²) in [5, 5.41) is 12.4. The first-order chi connectivity index (χ1) is 9.56. The van der Waals surface area contributed by atoms with Crippen LogP contribution < -0.4 is 0 Å². The van der Waals surface area contributed by atoms with Crippen molar-refractivity contribution < 1.29 is 8.78 Å². The van der Waals surface area contributed by atoms with Gasteiger partial charge in [-0.1, -0.05) is 13.8 Å². The molecule has 0 aliphatic carbocycles. The fraction of sp³-hybridized carbons (Fsp3) is 0.214. The van der Waals surface area contributed by atoms with Crippen LogP contribution in [0.4, 0.5) is 8.78 Å². The highest BCUT2D eigenvalue weighted by molar-refractivity contribution is 5.60. The van der Waals surface area contributed by atoms with E-state index in [1.165, 1.54) is 12.1 Å². The molecule has 0 radical (unpaired) electrons. The van der Waals surface area contributed by atoms with Crippen molar-refractivity contribution in [3.8, 4) is 11.3 Å². The molecular formula is C14H12F2N4. The Balaban J connectivity index is 2.19. The number of aromatic nitrogens is 4. The molecule has 0 aliphatic rings. The van der Waals surface area contributed by atoms with Crippen molar-refractivity contribution in [2.75, 3.05) is 0 Å². The van der Waals surface area contributed by atoms with Crippen molar-refractivity contribution in [1.29, 1.82) is 0 Å². The standard InChI is InChI=1S/C14H12F2N4/c1-8(2)14-18-17-13-6-5-12(19-20(13)14)10-4-3-9(15)7-11(10)16/h3-8H,1-2H3. The molecule has 2 aromatic heterocycles. The largest absolute Gasteiger partial charge is 0.207 e. The zero-order valence-electron chi connectivity index (χ0n) is 11.0. The summed E-state index contributed by atoms with van der Waals surface area (Å²) in [7, 11) is 0. The van der Waals surface area contributed by atoms with Gasteiger partial charge < -0.3 is 0 Å². The van der Waals surface area contributed by atoms with Gasteiger partial charge in [-0.2, -0.15) is 9.61 Å². The number of fused-ring (bicyclic) bond motifs is 1. The van der Waals surface area contributed by atoms with Crippen LogP contribution in [0.2, 0.25) is 0 Å². The summed E-state index contributed by atoms with van der Waals surface area (Å²) in [5.41, 5.74) is 1.26. The number of hydrogen-bond donors (Lipinski definition) is 0.